The summed E-state index contributed by atoms with van der Waals surface area (Å²) in [5, 5.41) is 10.5. The van der Waals surface area contributed by atoms with Crippen molar-refractivity contribution in [3.05, 3.63) is 35.4 Å². The van der Waals surface area contributed by atoms with Crippen molar-refractivity contribution < 1.29 is 19.4 Å². The molecule has 0 bridgehead atoms. The molecule has 0 aromatic heterocycles. The van der Waals surface area contributed by atoms with Crippen molar-refractivity contribution >= 4 is 5.97 Å². The minimum atomic E-state index is -0.525. The fourth-order valence-electron chi connectivity index (χ4n) is 3.57. The first-order chi connectivity index (χ1) is 9.95. The lowest BCUT2D eigenvalue weighted by molar-refractivity contribution is 0.00840. The number of esters is 1. The molecule has 1 heterocycles. The Bertz CT molecular complexity index is 615. The Kier molecular flexibility index (Phi) is 3.19. The Labute approximate surface area is 124 Å². The maximum Gasteiger partial charge on any atom is 0.341 e. The topological polar surface area (TPSA) is 55.8 Å². The molecule has 2 unspecified atom stereocenters. The van der Waals surface area contributed by atoms with Crippen LogP contribution in [0.3, 0.4) is 0 Å². The van der Waals surface area contributed by atoms with Crippen molar-refractivity contribution in [2.24, 2.45) is 5.92 Å². The zero-order chi connectivity index (χ0) is 15.2. The number of phenolic OH excluding ortho intramolecular Hbond substituents is 1. The van der Waals surface area contributed by atoms with Crippen molar-refractivity contribution in [2.45, 2.75) is 38.2 Å². The summed E-state index contributed by atoms with van der Waals surface area (Å²) in [6.07, 6.45) is 6.07. The molecule has 0 saturated heterocycles. The third-order valence-electron chi connectivity index (χ3n) is 4.65. The number of hydrogen-bond acceptors (Lipinski definition) is 4. The molecule has 0 spiro atoms. The van der Waals surface area contributed by atoms with Gasteiger partial charge in [0.1, 0.15) is 22.7 Å². The van der Waals surface area contributed by atoms with Gasteiger partial charge in [0.25, 0.3) is 0 Å². The van der Waals surface area contributed by atoms with E-state index in [2.05, 4.69) is 26.0 Å². The van der Waals surface area contributed by atoms with Gasteiger partial charge in [0.15, 0.2) is 0 Å². The summed E-state index contributed by atoms with van der Waals surface area (Å²) in [7, 11) is 1.31. The van der Waals surface area contributed by atoms with Gasteiger partial charge in [0.05, 0.1) is 7.11 Å². The van der Waals surface area contributed by atoms with E-state index in [0.717, 1.165) is 18.4 Å². The quantitative estimate of drug-likeness (QED) is 0.635. The van der Waals surface area contributed by atoms with Crippen LogP contribution < -0.4 is 4.74 Å². The molecule has 1 aliphatic carbocycles. The zero-order valence-electron chi connectivity index (χ0n) is 12.6. The first kappa shape index (κ1) is 14.0. The second-order valence-electron chi connectivity index (χ2n) is 6.23. The summed E-state index contributed by atoms with van der Waals surface area (Å²) in [6, 6.07) is 3.33. The fourth-order valence-corrected chi connectivity index (χ4v) is 3.57. The number of methoxy groups -OCH3 is 1. The van der Waals surface area contributed by atoms with E-state index in [9.17, 15) is 9.90 Å². The van der Waals surface area contributed by atoms with Gasteiger partial charge >= 0.3 is 5.97 Å². The monoisotopic (exact) mass is 288 g/mol. The third kappa shape index (κ3) is 2.09. The summed E-state index contributed by atoms with van der Waals surface area (Å²) in [6.45, 7) is 4.16. The van der Waals surface area contributed by atoms with Crippen molar-refractivity contribution in [1.82, 2.24) is 0 Å². The molecule has 1 aromatic rings. The molecule has 4 nitrogen and oxygen atoms in total. The minimum absolute atomic E-state index is 0.000139. The summed E-state index contributed by atoms with van der Waals surface area (Å²) in [5.41, 5.74) is 0.654. The summed E-state index contributed by atoms with van der Waals surface area (Å²) in [4.78, 5) is 11.8. The number of phenols is 1. The van der Waals surface area contributed by atoms with Gasteiger partial charge in [-0.1, -0.05) is 12.2 Å². The van der Waals surface area contributed by atoms with E-state index in [0.29, 0.717) is 5.75 Å². The molecule has 2 aliphatic rings. The standard InChI is InChI=1S/C17H20O4/c1-17(2)12-7-5-4-6-10(12)14-13(21-17)9-8-11(15(14)18)16(19)20-3/h4-5,8-10,12,18H,6-7H2,1-3H3. The van der Waals surface area contributed by atoms with E-state index in [1.807, 2.05) is 0 Å². The lowest BCUT2D eigenvalue weighted by atomic mass is 9.68. The summed E-state index contributed by atoms with van der Waals surface area (Å²) < 4.78 is 10.8. The Hall–Kier alpha value is -1.97. The van der Waals surface area contributed by atoms with Crippen LogP contribution in [0.15, 0.2) is 24.3 Å². The highest BCUT2D eigenvalue weighted by Gasteiger charge is 2.45. The van der Waals surface area contributed by atoms with E-state index in [1.54, 1.807) is 12.1 Å². The number of hydrogen-bond donors (Lipinski definition) is 1. The van der Waals surface area contributed by atoms with Crippen LogP contribution in [-0.4, -0.2) is 23.8 Å². The van der Waals surface area contributed by atoms with Crippen molar-refractivity contribution in [3.8, 4) is 11.5 Å². The van der Waals surface area contributed by atoms with Crippen LogP contribution in [-0.2, 0) is 4.74 Å². The average molecular weight is 288 g/mol. The van der Waals surface area contributed by atoms with Crippen LogP contribution in [0.2, 0.25) is 0 Å². The van der Waals surface area contributed by atoms with Gasteiger partial charge in [-0.05, 0) is 38.8 Å². The lowest BCUT2D eigenvalue weighted by Gasteiger charge is -2.46. The maximum absolute atomic E-state index is 11.8. The summed E-state index contributed by atoms with van der Waals surface area (Å²) >= 11 is 0. The van der Waals surface area contributed by atoms with Gasteiger partial charge in [-0.15, -0.1) is 0 Å². The minimum Gasteiger partial charge on any atom is -0.507 e. The zero-order valence-corrected chi connectivity index (χ0v) is 12.6. The first-order valence-electron chi connectivity index (χ1n) is 7.24. The van der Waals surface area contributed by atoms with Crippen molar-refractivity contribution in [2.75, 3.05) is 7.11 Å². The summed E-state index contributed by atoms with van der Waals surface area (Å²) in [5.74, 6) is 0.594. The number of fused-ring (bicyclic) bond motifs is 3. The van der Waals surface area contributed by atoms with Crippen LogP contribution in [0.1, 0.15) is 48.5 Å². The molecule has 1 aromatic carbocycles. The Balaban J connectivity index is 2.16. The number of rotatable bonds is 1. The number of allylic oxidation sites excluding steroid dienone is 2. The molecule has 0 fully saturated rings. The van der Waals surface area contributed by atoms with Gasteiger partial charge in [0.2, 0.25) is 0 Å². The number of carbonyl (C=O) groups is 1. The molecule has 2 atom stereocenters. The molecule has 0 amide bonds. The van der Waals surface area contributed by atoms with Gasteiger partial charge in [-0.3, -0.25) is 0 Å². The normalized spacial score (nSPS) is 25.5. The number of benzene rings is 1. The molecule has 4 heteroatoms. The second kappa shape index (κ2) is 4.79. The molecule has 112 valence electrons. The SMILES string of the molecule is COC(=O)c1ccc2c(c1O)C1CC=CCC1C(C)(C)O2. The van der Waals surface area contributed by atoms with E-state index < -0.39 is 5.97 Å². The molecule has 21 heavy (non-hydrogen) atoms. The van der Waals surface area contributed by atoms with Gasteiger partial charge in [-0.2, -0.15) is 0 Å². The van der Waals surface area contributed by atoms with E-state index in [1.165, 1.54) is 7.11 Å². The van der Waals surface area contributed by atoms with Gasteiger partial charge < -0.3 is 14.6 Å². The molecule has 0 radical (unpaired) electrons. The average Bonchev–Trinajstić information content (AvgIpc) is 2.46. The number of carbonyl (C=O) groups excluding carboxylic acids is 1. The lowest BCUT2D eigenvalue weighted by Crippen LogP contribution is -2.45. The Morgan fingerprint density at radius 3 is 2.76 bits per heavy atom. The van der Waals surface area contributed by atoms with E-state index in [4.69, 9.17) is 9.47 Å². The molecular formula is C17H20O4. The van der Waals surface area contributed by atoms with E-state index in [-0.39, 0.29) is 28.7 Å². The fraction of sp³-hybridized carbons (Fsp3) is 0.471. The predicted molar refractivity (Wildman–Crippen MR) is 78.8 cm³/mol. The molecule has 0 saturated carbocycles. The van der Waals surface area contributed by atoms with Crippen LogP contribution in [0, 0.1) is 5.92 Å². The highest BCUT2D eigenvalue weighted by Crippen LogP contribution is 2.53. The first-order valence-corrected chi connectivity index (χ1v) is 7.24. The molecule has 1 N–H and O–H groups in total. The Morgan fingerprint density at radius 2 is 2.05 bits per heavy atom. The molecule has 3 rings (SSSR count). The van der Waals surface area contributed by atoms with Crippen LogP contribution in [0.25, 0.3) is 0 Å². The van der Waals surface area contributed by atoms with Crippen molar-refractivity contribution in [3.63, 3.8) is 0 Å². The van der Waals surface area contributed by atoms with E-state index >= 15 is 0 Å². The largest absolute Gasteiger partial charge is 0.507 e. The van der Waals surface area contributed by atoms with Crippen LogP contribution >= 0.6 is 0 Å². The van der Waals surface area contributed by atoms with Gasteiger partial charge in [-0.25, -0.2) is 4.79 Å². The van der Waals surface area contributed by atoms with Crippen LogP contribution in [0.5, 0.6) is 11.5 Å². The molecule has 1 aliphatic heterocycles. The van der Waals surface area contributed by atoms with Crippen molar-refractivity contribution in [1.29, 1.82) is 0 Å². The van der Waals surface area contributed by atoms with Crippen LogP contribution in [0.4, 0.5) is 0 Å². The Morgan fingerprint density at radius 1 is 1.33 bits per heavy atom. The highest BCUT2D eigenvalue weighted by molar-refractivity contribution is 5.93. The predicted octanol–water partition coefficient (Wildman–Crippen LogP) is 3.40. The molecular weight excluding hydrogens is 268 g/mol. The number of aromatic hydroxyl groups is 1. The van der Waals surface area contributed by atoms with Gasteiger partial charge in [0, 0.05) is 17.4 Å². The second-order valence-corrected chi connectivity index (χ2v) is 6.23. The number of ether oxygens (including phenoxy) is 2. The third-order valence-corrected chi connectivity index (χ3v) is 4.65. The maximum atomic E-state index is 11.8. The smallest absolute Gasteiger partial charge is 0.341 e. The highest BCUT2D eigenvalue weighted by atomic mass is 16.5.